The molecule has 2 atom stereocenters. The zero-order chi connectivity index (χ0) is 17.6. The van der Waals surface area contributed by atoms with Crippen LogP contribution in [0.1, 0.15) is 25.3 Å². The predicted molar refractivity (Wildman–Crippen MR) is 90.7 cm³/mol. The summed E-state index contributed by atoms with van der Waals surface area (Å²) < 4.78 is 19.6. The Labute approximate surface area is 145 Å². The molecule has 2 heterocycles. The summed E-state index contributed by atoms with van der Waals surface area (Å²) in [6.07, 6.45) is 0.854. The lowest BCUT2D eigenvalue weighted by Gasteiger charge is -2.20. The Bertz CT molecular complexity index is 785. The number of carbonyl (C=O) groups is 1. The molecular formula is C18H21FN4O2. The van der Waals surface area contributed by atoms with E-state index in [4.69, 9.17) is 4.42 Å². The van der Waals surface area contributed by atoms with E-state index < -0.39 is 12.2 Å². The van der Waals surface area contributed by atoms with E-state index in [0.29, 0.717) is 12.4 Å². The third kappa shape index (κ3) is 2.99. The first kappa shape index (κ1) is 16.1. The molecule has 1 amide bonds. The second-order valence-corrected chi connectivity index (χ2v) is 7.19. The fourth-order valence-corrected chi connectivity index (χ4v) is 3.35. The Morgan fingerprint density at radius 1 is 1.36 bits per heavy atom. The van der Waals surface area contributed by atoms with E-state index >= 15 is 0 Å². The van der Waals surface area contributed by atoms with Crippen LogP contribution in [0, 0.1) is 12.3 Å². The fraction of sp³-hybridized carbons (Fsp3) is 0.500. The number of hydrogen-bond acceptors (Lipinski definition) is 5. The molecule has 1 saturated heterocycles. The minimum atomic E-state index is -0.903. The van der Waals surface area contributed by atoms with Gasteiger partial charge in [-0.1, -0.05) is 22.8 Å². The van der Waals surface area contributed by atoms with Gasteiger partial charge in [0.1, 0.15) is 12.2 Å². The van der Waals surface area contributed by atoms with Crippen LogP contribution in [-0.2, 0) is 4.79 Å². The van der Waals surface area contributed by atoms with Gasteiger partial charge in [-0.2, -0.15) is 0 Å². The van der Waals surface area contributed by atoms with Crippen LogP contribution in [0.25, 0.3) is 11.5 Å². The maximum Gasteiger partial charge on any atom is 0.316 e. The maximum absolute atomic E-state index is 14.0. The van der Waals surface area contributed by atoms with Crippen molar-refractivity contribution in [3.05, 3.63) is 29.8 Å². The SMILES string of the molecule is Cc1ccc(-c2nnc(N[C@H](C)C(=O)N3C[C@@H](F)C4(CC4)C3)o2)cc1. The Morgan fingerprint density at radius 2 is 2.08 bits per heavy atom. The number of halogens is 1. The van der Waals surface area contributed by atoms with Crippen molar-refractivity contribution in [2.24, 2.45) is 5.41 Å². The first-order chi connectivity index (χ1) is 12.0. The third-order valence-electron chi connectivity index (χ3n) is 5.19. The zero-order valence-corrected chi connectivity index (χ0v) is 14.3. The van der Waals surface area contributed by atoms with E-state index in [1.165, 1.54) is 0 Å². The van der Waals surface area contributed by atoms with Gasteiger partial charge in [0, 0.05) is 17.5 Å². The minimum Gasteiger partial charge on any atom is -0.403 e. The largest absolute Gasteiger partial charge is 0.403 e. The number of nitrogens with zero attached hydrogens (tertiary/aromatic N) is 3. The average Bonchev–Trinajstić information content (AvgIpc) is 3.11. The summed E-state index contributed by atoms with van der Waals surface area (Å²) in [5.41, 5.74) is 1.70. The van der Waals surface area contributed by atoms with Gasteiger partial charge in [-0.05, 0) is 38.8 Å². The van der Waals surface area contributed by atoms with Crippen molar-refractivity contribution in [1.29, 1.82) is 0 Å². The summed E-state index contributed by atoms with van der Waals surface area (Å²) in [7, 11) is 0. The van der Waals surface area contributed by atoms with Crippen molar-refractivity contribution in [3.63, 3.8) is 0 Å². The Hall–Kier alpha value is -2.44. The number of carbonyl (C=O) groups excluding carboxylic acids is 1. The molecule has 6 nitrogen and oxygen atoms in total. The van der Waals surface area contributed by atoms with Gasteiger partial charge in [-0.15, -0.1) is 5.10 Å². The van der Waals surface area contributed by atoms with Crippen LogP contribution in [-0.4, -0.2) is 46.3 Å². The van der Waals surface area contributed by atoms with E-state index in [0.717, 1.165) is 24.0 Å². The molecule has 2 aromatic rings. The normalized spacial score (nSPS) is 22.2. The highest BCUT2D eigenvalue weighted by Crippen LogP contribution is 2.54. The Kier molecular flexibility index (Phi) is 3.74. The quantitative estimate of drug-likeness (QED) is 0.923. The van der Waals surface area contributed by atoms with Crippen LogP contribution in [0.3, 0.4) is 0 Å². The second-order valence-electron chi connectivity index (χ2n) is 7.19. The topological polar surface area (TPSA) is 71.3 Å². The first-order valence-corrected chi connectivity index (χ1v) is 8.57. The number of rotatable bonds is 4. The van der Waals surface area contributed by atoms with Crippen molar-refractivity contribution >= 4 is 11.9 Å². The highest BCUT2D eigenvalue weighted by molar-refractivity contribution is 5.84. The van der Waals surface area contributed by atoms with Gasteiger partial charge in [0.25, 0.3) is 0 Å². The van der Waals surface area contributed by atoms with Crippen LogP contribution in [0.2, 0.25) is 0 Å². The van der Waals surface area contributed by atoms with Gasteiger partial charge >= 0.3 is 6.01 Å². The van der Waals surface area contributed by atoms with Crippen molar-refractivity contribution in [3.8, 4) is 11.5 Å². The molecule has 1 aromatic carbocycles. The highest BCUT2D eigenvalue weighted by atomic mass is 19.1. The summed E-state index contributed by atoms with van der Waals surface area (Å²) in [4.78, 5) is 14.1. The molecule has 25 heavy (non-hydrogen) atoms. The van der Waals surface area contributed by atoms with E-state index in [1.807, 2.05) is 31.2 Å². The summed E-state index contributed by atoms with van der Waals surface area (Å²) in [5.74, 6) is 0.255. The van der Waals surface area contributed by atoms with Crippen molar-refractivity contribution in [2.75, 3.05) is 18.4 Å². The average molecular weight is 344 g/mol. The van der Waals surface area contributed by atoms with E-state index in [1.54, 1.807) is 11.8 Å². The molecule has 1 aliphatic heterocycles. The number of aromatic nitrogens is 2. The van der Waals surface area contributed by atoms with Gasteiger partial charge in [0.15, 0.2) is 0 Å². The summed E-state index contributed by atoms with van der Waals surface area (Å²) in [6.45, 7) is 4.42. The smallest absolute Gasteiger partial charge is 0.316 e. The molecular weight excluding hydrogens is 323 g/mol. The van der Waals surface area contributed by atoms with E-state index in [-0.39, 0.29) is 23.9 Å². The molecule has 1 spiro atoms. The molecule has 132 valence electrons. The monoisotopic (exact) mass is 344 g/mol. The lowest BCUT2D eigenvalue weighted by atomic mass is 10.1. The van der Waals surface area contributed by atoms with Crippen LogP contribution in [0.4, 0.5) is 10.4 Å². The number of hydrogen-bond donors (Lipinski definition) is 1. The number of alkyl halides is 1. The lowest BCUT2D eigenvalue weighted by Crippen LogP contribution is -2.40. The van der Waals surface area contributed by atoms with Gasteiger partial charge in [0.2, 0.25) is 11.8 Å². The molecule has 2 aliphatic rings. The molecule has 2 fully saturated rings. The Morgan fingerprint density at radius 3 is 2.72 bits per heavy atom. The molecule has 7 heteroatoms. The zero-order valence-electron chi connectivity index (χ0n) is 14.3. The van der Waals surface area contributed by atoms with Gasteiger partial charge in [0.05, 0.1) is 6.54 Å². The number of amides is 1. The number of likely N-dealkylation sites (tertiary alicyclic amines) is 1. The summed E-state index contributed by atoms with van der Waals surface area (Å²) in [5, 5.41) is 10.9. The second kappa shape index (κ2) is 5.82. The molecule has 1 aliphatic carbocycles. The number of anilines is 1. The fourth-order valence-electron chi connectivity index (χ4n) is 3.35. The van der Waals surface area contributed by atoms with Crippen LogP contribution in [0.5, 0.6) is 0 Å². The number of nitrogens with one attached hydrogen (secondary N) is 1. The Balaban J connectivity index is 1.40. The third-order valence-corrected chi connectivity index (χ3v) is 5.19. The first-order valence-electron chi connectivity index (χ1n) is 8.57. The highest BCUT2D eigenvalue weighted by Gasteiger charge is 2.56. The summed E-state index contributed by atoms with van der Waals surface area (Å²) >= 11 is 0. The molecule has 1 aromatic heterocycles. The number of benzene rings is 1. The molecule has 1 N–H and O–H groups in total. The van der Waals surface area contributed by atoms with Gasteiger partial charge in [-0.3, -0.25) is 4.79 Å². The maximum atomic E-state index is 14.0. The molecule has 1 saturated carbocycles. The number of aryl methyl sites for hydroxylation is 1. The van der Waals surface area contributed by atoms with Crippen molar-refractivity contribution in [1.82, 2.24) is 15.1 Å². The van der Waals surface area contributed by atoms with Crippen LogP contribution in [0.15, 0.2) is 28.7 Å². The standard InChI is InChI=1S/C18H21FN4O2/c1-11-3-5-13(6-4-11)15-21-22-17(25-15)20-12(2)16(24)23-9-14(19)18(10-23)7-8-18/h3-6,12,14H,7-10H2,1-2H3,(H,20,22)/t12-,14-/m1/s1. The van der Waals surface area contributed by atoms with Crippen molar-refractivity contribution in [2.45, 2.75) is 38.9 Å². The van der Waals surface area contributed by atoms with Crippen molar-refractivity contribution < 1.29 is 13.6 Å². The van der Waals surface area contributed by atoms with Crippen LogP contribution >= 0.6 is 0 Å². The molecule has 0 unspecified atom stereocenters. The summed E-state index contributed by atoms with van der Waals surface area (Å²) in [6, 6.07) is 7.38. The molecule has 0 radical (unpaired) electrons. The lowest BCUT2D eigenvalue weighted by molar-refractivity contribution is -0.131. The van der Waals surface area contributed by atoms with Gasteiger partial charge in [-0.25, -0.2) is 4.39 Å². The van der Waals surface area contributed by atoms with E-state index in [2.05, 4.69) is 15.5 Å². The molecule has 0 bridgehead atoms. The predicted octanol–water partition coefficient (Wildman–Crippen LogP) is 2.81. The molecule has 4 rings (SSSR count). The van der Waals surface area contributed by atoms with Crippen LogP contribution < -0.4 is 5.32 Å². The minimum absolute atomic E-state index is 0.137. The van der Waals surface area contributed by atoms with Gasteiger partial charge < -0.3 is 14.6 Å². The van der Waals surface area contributed by atoms with E-state index in [9.17, 15) is 9.18 Å².